The predicted octanol–water partition coefficient (Wildman–Crippen LogP) is 10.2. The summed E-state index contributed by atoms with van der Waals surface area (Å²) in [5.41, 5.74) is 9.93. The molecular weight excluding hydrogens is 384 g/mol. The van der Waals surface area contributed by atoms with Gasteiger partial charge in [0.05, 0.1) is 0 Å². The number of benzene rings is 1. The first-order valence-electron chi connectivity index (χ1n) is 13.1. The molecule has 0 bridgehead atoms. The van der Waals surface area contributed by atoms with E-state index in [1.165, 1.54) is 116 Å². The van der Waals surface area contributed by atoms with E-state index in [-0.39, 0.29) is 0 Å². The van der Waals surface area contributed by atoms with Gasteiger partial charge in [0.15, 0.2) is 0 Å². The first-order valence-corrected chi connectivity index (χ1v) is 13.1. The third kappa shape index (κ3) is 9.76. The summed E-state index contributed by atoms with van der Waals surface area (Å²) in [7, 11) is 0. The van der Waals surface area contributed by atoms with Crippen molar-refractivity contribution in [3.05, 3.63) is 83.5 Å². The highest BCUT2D eigenvalue weighted by atomic mass is 14.3. The molecule has 1 aromatic rings. The minimum absolute atomic E-state index is 0.563. The maximum atomic E-state index is 4.32. The zero-order valence-corrected chi connectivity index (χ0v) is 21.2. The van der Waals surface area contributed by atoms with Gasteiger partial charge >= 0.3 is 0 Å². The smallest absolute Gasteiger partial charge is 0.000481 e. The van der Waals surface area contributed by atoms with Gasteiger partial charge in [-0.05, 0) is 101 Å². The van der Waals surface area contributed by atoms with Crippen LogP contribution in [0.15, 0.2) is 66.8 Å². The van der Waals surface area contributed by atoms with Crippen LogP contribution in [0.2, 0.25) is 0 Å². The van der Waals surface area contributed by atoms with E-state index >= 15 is 0 Å². The summed E-state index contributed by atoms with van der Waals surface area (Å²) in [5, 5.41) is 0. The number of allylic oxidation sites excluding steroid dienone is 4. The fraction of sp³-hybridized carbons (Fsp3) is 0.562. The molecule has 1 aliphatic rings. The molecule has 0 atom stereocenters. The third-order valence-corrected chi connectivity index (χ3v) is 7.42. The molecule has 176 valence electrons. The SMILES string of the molecule is C=C(CCCCCCCCC(=C)CCC1C(=C)CCC1=C)CCCc1ccc(C)c(C)c1. The third-order valence-electron chi connectivity index (χ3n) is 7.42. The Balaban J connectivity index is 1.41. The van der Waals surface area contributed by atoms with Crippen LogP contribution in [-0.2, 0) is 6.42 Å². The molecule has 1 aliphatic carbocycles. The number of hydrogen-bond donors (Lipinski definition) is 0. The molecule has 0 saturated heterocycles. The van der Waals surface area contributed by atoms with Gasteiger partial charge in [-0.25, -0.2) is 0 Å². The van der Waals surface area contributed by atoms with E-state index in [2.05, 4.69) is 58.4 Å². The van der Waals surface area contributed by atoms with E-state index in [0.717, 1.165) is 19.3 Å². The molecule has 0 N–H and O–H groups in total. The van der Waals surface area contributed by atoms with E-state index in [4.69, 9.17) is 0 Å². The quantitative estimate of drug-likeness (QED) is 0.180. The van der Waals surface area contributed by atoms with Gasteiger partial charge in [0, 0.05) is 5.92 Å². The second kappa shape index (κ2) is 14.4. The Labute approximate surface area is 199 Å². The van der Waals surface area contributed by atoms with E-state index in [0.29, 0.717) is 5.92 Å². The monoisotopic (exact) mass is 432 g/mol. The molecule has 2 rings (SSSR count). The van der Waals surface area contributed by atoms with Crippen LogP contribution >= 0.6 is 0 Å². The van der Waals surface area contributed by atoms with Gasteiger partial charge in [0.2, 0.25) is 0 Å². The molecular formula is C32H48. The molecule has 0 nitrogen and oxygen atoms in total. The molecule has 0 aliphatic heterocycles. The van der Waals surface area contributed by atoms with Crippen molar-refractivity contribution in [2.75, 3.05) is 0 Å². The Morgan fingerprint density at radius 1 is 0.719 bits per heavy atom. The van der Waals surface area contributed by atoms with Crippen LogP contribution in [0.4, 0.5) is 0 Å². The average molecular weight is 433 g/mol. The standard InChI is InChI=1S/C32H48/c1-25(16-13-17-31-22-21-27(3)30(6)24-31)14-11-9-7-8-10-12-15-26(2)18-23-32-28(4)19-20-29(32)5/h21-22,24,32H,1-2,4-5,7-20,23H2,3,6H3. The van der Waals surface area contributed by atoms with Crippen molar-refractivity contribution in [3.8, 4) is 0 Å². The minimum Gasteiger partial charge on any atom is -0.0999 e. The fourth-order valence-corrected chi connectivity index (χ4v) is 4.92. The molecule has 0 aromatic heterocycles. The van der Waals surface area contributed by atoms with Gasteiger partial charge in [-0.3, -0.25) is 0 Å². The molecule has 0 amide bonds. The van der Waals surface area contributed by atoms with Crippen LogP contribution in [0, 0.1) is 19.8 Å². The summed E-state index contributed by atoms with van der Waals surface area (Å²) >= 11 is 0. The van der Waals surface area contributed by atoms with Crippen molar-refractivity contribution < 1.29 is 0 Å². The van der Waals surface area contributed by atoms with Crippen LogP contribution in [0.5, 0.6) is 0 Å². The minimum atomic E-state index is 0.563. The number of unbranched alkanes of at least 4 members (excludes halogenated alkanes) is 5. The van der Waals surface area contributed by atoms with Crippen LogP contribution in [-0.4, -0.2) is 0 Å². The van der Waals surface area contributed by atoms with Gasteiger partial charge in [-0.15, -0.1) is 0 Å². The molecule has 1 aromatic carbocycles. The highest BCUT2D eigenvalue weighted by molar-refractivity contribution is 5.30. The zero-order chi connectivity index (χ0) is 23.3. The molecule has 0 heterocycles. The molecule has 0 spiro atoms. The zero-order valence-electron chi connectivity index (χ0n) is 21.2. The maximum absolute atomic E-state index is 4.32. The van der Waals surface area contributed by atoms with E-state index in [1.54, 1.807) is 0 Å². The first kappa shape index (κ1) is 26.4. The molecule has 1 saturated carbocycles. The van der Waals surface area contributed by atoms with Crippen molar-refractivity contribution in [3.63, 3.8) is 0 Å². The summed E-state index contributed by atoms with van der Waals surface area (Å²) in [5.74, 6) is 0.563. The topological polar surface area (TPSA) is 0 Å². The number of aryl methyl sites for hydroxylation is 3. The van der Waals surface area contributed by atoms with Crippen molar-refractivity contribution >= 4 is 0 Å². The lowest BCUT2D eigenvalue weighted by Gasteiger charge is -2.14. The summed E-state index contributed by atoms with van der Waals surface area (Å²) in [6.07, 6.45) is 18.7. The second-order valence-corrected chi connectivity index (χ2v) is 10.3. The lowest BCUT2D eigenvalue weighted by Crippen LogP contribution is -1.99. The maximum Gasteiger partial charge on any atom is 0.000481 e. The Morgan fingerprint density at radius 2 is 1.25 bits per heavy atom. The molecule has 1 fully saturated rings. The Hall–Kier alpha value is -1.82. The van der Waals surface area contributed by atoms with E-state index < -0.39 is 0 Å². The van der Waals surface area contributed by atoms with Crippen LogP contribution in [0.1, 0.15) is 107 Å². The summed E-state index contributed by atoms with van der Waals surface area (Å²) in [4.78, 5) is 0. The van der Waals surface area contributed by atoms with Crippen molar-refractivity contribution in [2.45, 2.75) is 110 Å². The lowest BCUT2D eigenvalue weighted by molar-refractivity contribution is 0.579. The highest BCUT2D eigenvalue weighted by Gasteiger charge is 2.22. The van der Waals surface area contributed by atoms with Crippen molar-refractivity contribution in [1.82, 2.24) is 0 Å². The van der Waals surface area contributed by atoms with E-state index in [9.17, 15) is 0 Å². The first-order chi connectivity index (χ1) is 15.4. The number of hydrogen-bond acceptors (Lipinski definition) is 0. The summed E-state index contributed by atoms with van der Waals surface area (Å²) in [6.45, 7) is 21.5. The van der Waals surface area contributed by atoms with Crippen LogP contribution < -0.4 is 0 Å². The predicted molar refractivity (Wildman–Crippen MR) is 144 cm³/mol. The van der Waals surface area contributed by atoms with Gasteiger partial charge in [-0.2, -0.15) is 0 Å². The fourth-order valence-electron chi connectivity index (χ4n) is 4.92. The Bertz CT molecular complexity index is 759. The average Bonchev–Trinajstić information content (AvgIpc) is 3.08. The lowest BCUT2D eigenvalue weighted by atomic mass is 9.92. The van der Waals surface area contributed by atoms with Crippen LogP contribution in [0.3, 0.4) is 0 Å². The summed E-state index contributed by atoms with van der Waals surface area (Å²) in [6, 6.07) is 6.88. The number of rotatable bonds is 16. The Kier molecular flexibility index (Phi) is 11.9. The van der Waals surface area contributed by atoms with Gasteiger partial charge in [0.1, 0.15) is 0 Å². The van der Waals surface area contributed by atoms with Gasteiger partial charge < -0.3 is 0 Å². The molecule has 32 heavy (non-hydrogen) atoms. The molecule has 0 radical (unpaired) electrons. The molecule has 0 heteroatoms. The van der Waals surface area contributed by atoms with Crippen molar-refractivity contribution in [2.24, 2.45) is 5.92 Å². The van der Waals surface area contributed by atoms with Gasteiger partial charge in [0.25, 0.3) is 0 Å². The highest BCUT2D eigenvalue weighted by Crippen LogP contribution is 2.37. The van der Waals surface area contributed by atoms with E-state index in [1.807, 2.05) is 0 Å². The molecule has 0 unspecified atom stereocenters. The normalized spacial score (nSPS) is 14.3. The van der Waals surface area contributed by atoms with Crippen LogP contribution in [0.25, 0.3) is 0 Å². The van der Waals surface area contributed by atoms with Gasteiger partial charge in [-0.1, -0.05) is 92.5 Å². The Morgan fingerprint density at radius 3 is 1.84 bits per heavy atom. The second-order valence-electron chi connectivity index (χ2n) is 10.3. The summed E-state index contributed by atoms with van der Waals surface area (Å²) < 4.78 is 0. The van der Waals surface area contributed by atoms with Crippen molar-refractivity contribution in [1.29, 1.82) is 0 Å². The largest absolute Gasteiger partial charge is 0.0999 e.